The summed E-state index contributed by atoms with van der Waals surface area (Å²) in [5, 5.41) is 7.59. The summed E-state index contributed by atoms with van der Waals surface area (Å²) >= 11 is 0. The number of rotatable bonds is 7. The van der Waals surface area contributed by atoms with Crippen LogP contribution in [-0.2, 0) is 16.6 Å². The lowest BCUT2D eigenvalue weighted by atomic mass is 10.2. The first-order chi connectivity index (χ1) is 12.8. The van der Waals surface area contributed by atoms with Gasteiger partial charge in [-0.2, -0.15) is 0 Å². The van der Waals surface area contributed by atoms with Gasteiger partial charge in [0.25, 0.3) is 21.8 Å². The molecule has 2 amide bonds. The monoisotopic (exact) mass is 391 g/mol. The van der Waals surface area contributed by atoms with Crippen LogP contribution < -0.4 is 4.72 Å². The van der Waals surface area contributed by atoms with Crippen LogP contribution in [0.4, 0.5) is 0 Å². The predicted molar refractivity (Wildman–Crippen MR) is 96.5 cm³/mol. The zero-order chi connectivity index (χ0) is 19.6. The fraction of sp³-hybridized carbons (Fsp3) is 0.412. The molecule has 0 unspecified atom stereocenters. The molecule has 1 aromatic carbocycles. The number of hydrogen-bond donors (Lipinski definition) is 1. The number of aromatic nitrogens is 3. The van der Waals surface area contributed by atoms with Crippen molar-refractivity contribution in [2.75, 3.05) is 14.1 Å². The summed E-state index contributed by atoms with van der Waals surface area (Å²) in [6.45, 7) is 0.645. The molecule has 0 aliphatic heterocycles. The average Bonchev–Trinajstić information content (AvgIpc) is 3.34. The minimum Gasteiger partial charge on any atom is -0.345 e. The Morgan fingerprint density at radius 1 is 1.30 bits per heavy atom. The van der Waals surface area contributed by atoms with E-state index in [2.05, 4.69) is 10.3 Å². The summed E-state index contributed by atoms with van der Waals surface area (Å²) in [5.74, 6) is -0.488. The van der Waals surface area contributed by atoms with Gasteiger partial charge in [-0.05, 0) is 30.5 Å². The lowest BCUT2D eigenvalue weighted by molar-refractivity contribution is 0.0827. The SMILES string of the molecule is CN(C)C(=O)c1cccc(S(=O)(=O)NC(=O)c2cn(CCC3CC3)nn2)c1. The van der Waals surface area contributed by atoms with E-state index < -0.39 is 15.9 Å². The molecule has 9 nitrogen and oxygen atoms in total. The number of sulfonamides is 1. The van der Waals surface area contributed by atoms with Gasteiger partial charge in [-0.15, -0.1) is 5.10 Å². The maximum atomic E-state index is 12.5. The van der Waals surface area contributed by atoms with Crippen molar-refractivity contribution in [3.8, 4) is 0 Å². The van der Waals surface area contributed by atoms with Gasteiger partial charge in [0, 0.05) is 26.2 Å². The van der Waals surface area contributed by atoms with E-state index in [0.29, 0.717) is 12.5 Å². The van der Waals surface area contributed by atoms with Gasteiger partial charge in [-0.1, -0.05) is 24.1 Å². The van der Waals surface area contributed by atoms with E-state index >= 15 is 0 Å². The summed E-state index contributed by atoms with van der Waals surface area (Å²) in [6, 6.07) is 5.50. The third kappa shape index (κ3) is 4.70. The lowest BCUT2D eigenvalue weighted by Gasteiger charge is -2.11. The van der Waals surface area contributed by atoms with Crippen LogP contribution >= 0.6 is 0 Å². The summed E-state index contributed by atoms with van der Waals surface area (Å²) in [7, 11) is -1.01. The van der Waals surface area contributed by atoms with E-state index in [1.165, 1.54) is 52.9 Å². The van der Waals surface area contributed by atoms with Crippen LogP contribution in [0.2, 0.25) is 0 Å². The number of hydrogen-bond acceptors (Lipinski definition) is 6. The van der Waals surface area contributed by atoms with E-state index in [1.807, 2.05) is 4.72 Å². The fourth-order valence-electron chi connectivity index (χ4n) is 2.52. The average molecular weight is 391 g/mol. The summed E-state index contributed by atoms with van der Waals surface area (Å²) in [5.41, 5.74) is 0.135. The van der Waals surface area contributed by atoms with Crippen molar-refractivity contribution >= 4 is 21.8 Å². The number of amides is 2. The Morgan fingerprint density at radius 2 is 2.04 bits per heavy atom. The zero-order valence-corrected chi connectivity index (χ0v) is 15.9. The highest BCUT2D eigenvalue weighted by Gasteiger charge is 2.23. The quantitative estimate of drug-likeness (QED) is 0.750. The Hall–Kier alpha value is -2.75. The highest BCUT2D eigenvalue weighted by Crippen LogP contribution is 2.32. The number of nitrogens with one attached hydrogen (secondary N) is 1. The molecule has 1 heterocycles. The second-order valence-electron chi connectivity index (χ2n) is 6.76. The van der Waals surface area contributed by atoms with Crippen molar-refractivity contribution in [1.29, 1.82) is 0 Å². The van der Waals surface area contributed by atoms with Crippen LogP contribution in [0, 0.1) is 5.92 Å². The van der Waals surface area contributed by atoms with E-state index in [4.69, 9.17) is 0 Å². The molecule has 0 atom stereocenters. The van der Waals surface area contributed by atoms with Crippen molar-refractivity contribution < 1.29 is 18.0 Å². The third-order valence-electron chi connectivity index (χ3n) is 4.26. The smallest absolute Gasteiger partial charge is 0.287 e. The second kappa shape index (κ2) is 7.47. The molecular formula is C17H21N5O4S. The Balaban J connectivity index is 1.71. The number of carbonyl (C=O) groups excluding carboxylic acids is 2. The van der Waals surface area contributed by atoms with Gasteiger partial charge in [0.1, 0.15) is 0 Å². The highest BCUT2D eigenvalue weighted by molar-refractivity contribution is 7.90. The number of aryl methyl sites for hydroxylation is 1. The first-order valence-electron chi connectivity index (χ1n) is 8.55. The van der Waals surface area contributed by atoms with Crippen molar-refractivity contribution in [2.24, 2.45) is 5.92 Å². The van der Waals surface area contributed by atoms with Crippen molar-refractivity contribution in [3.63, 3.8) is 0 Å². The Labute approximate surface area is 157 Å². The topological polar surface area (TPSA) is 114 Å². The molecule has 0 spiro atoms. The highest BCUT2D eigenvalue weighted by atomic mass is 32.2. The van der Waals surface area contributed by atoms with Gasteiger partial charge >= 0.3 is 0 Å². The Kier molecular flexibility index (Phi) is 5.26. The van der Waals surface area contributed by atoms with Crippen LogP contribution in [0.25, 0.3) is 0 Å². The molecular weight excluding hydrogens is 370 g/mol. The number of benzene rings is 1. The molecule has 2 aromatic rings. The summed E-state index contributed by atoms with van der Waals surface area (Å²) in [6.07, 6.45) is 4.83. The van der Waals surface area contributed by atoms with Gasteiger partial charge in [0.2, 0.25) is 0 Å². The van der Waals surface area contributed by atoms with E-state index in [1.54, 1.807) is 14.1 Å². The van der Waals surface area contributed by atoms with Gasteiger partial charge in [-0.25, -0.2) is 13.1 Å². The first-order valence-corrected chi connectivity index (χ1v) is 10.0. The molecule has 27 heavy (non-hydrogen) atoms. The van der Waals surface area contributed by atoms with Crippen LogP contribution in [-0.4, -0.2) is 54.2 Å². The summed E-state index contributed by atoms with van der Waals surface area (Å²) < 4.78 is 28.5. The molecule has 1 N–H and O–H groups in total. The molecule has 0 bridgehead atoms. The van der Waals surface area contributed by atoms with Crippen LogP contribution in [0.3, 0.4) is 0 Å². The Morgan fingerprint density at radius 3 is 2.70 bits per heavy atom. The second-order valence-corrected chi connectivity index (χ2v) is 8.44. The fourth-order valence-corrected chi connectivity index (χ4v) is 3.53. The van der Waals surface area contributed by atoms with Crippen LogP contribution in [0.5, 0.6) is 0 Å². The first kappa shape index (κ1) is 19.0. The third-order valence-corrected chi connectivity index (χ3v) is 5.59. The minimum atomic E-state index is -4.14. The number of carbonyl (C=O) groups is 2. The molecule has 10 heteroatoms. The van der Waals surface area contributed by atoms with Crippen molar-refractivity contribution in [1.82, 2.24) is 24.6 Å². The minimum absolute atomic E-state index is 0.0742. The molecule has 1 aliphatic rings. The molecule has 3 rings (SSSR count). The van der Waals surface area contributed by atoms with Gasteiger partial charge in [0.15, 0.2) is 5.69 Å². The number of nitrogens with zero attached hydrogens (tertiary/aromatic N) is 4. The van der Waals surface area contributed by atoms with Gasteiger partial charge < -0.3 is 4.90 Å². The molecule has 1 aliphatic carbocycles. The van der Waals surface area contributed by atoms with E-state index in [9.17, 15) is 18.0 Å². The predicted octanol–water partition coefficient (Wildman–Crippen LogP) is 0.899. The van der Waals surface area contributed by atoms with Crippen LogP contribution in [0.15, 0.2) is 35.4 Å². The van der Waals surface area contributed by atoms with Gasteiger partial charge in [0.05, 0.1) is 11.1 Å². The molecule has 1 saturated carbocycles. The van der Waals surface area contributed by atoms with E-state index in [0.717, 1.165) is 6.42 Å². The summed E-state index contributed by atoms with van der Waals surface area (Å²) in [4.78, 5) is 25.4. The molecule has 1 fully saturated rings. The Bertz CT molecular complexity index is 963. The molecule has 144 valence electrons. The normalized spacial score (nSPS) is 14.0. The maximum absolute atomic E-state index is 12.5. The zero-order valence-electron chi connectivity index (χ0n) is 15.1. The lowest BCUT2D eigenvalue weighted by Crippen LogP contribution is -2.31. The standard InChI is InChI=1S/C17H21N5O4S/c1-21(2)17(24)13-4-3-5-14(10-13)27(25,26)19-16(23)15-11-22(20-18-15)9-8-12-6-7-12/h3-5,10-12H,6-9H2,1-2H3,(H,19,23). The maximum Gasteiger partial charge on any atom is 0.287 e. The molecule has 1 aromatic heterocycles. The van der Waals surface area contributed by atoms with Crippen molar-refractivity contribution in [2.45, 2.75) is 30.7 Å². The molecule has 0 radical (unpaired) electrons. The van der Waals surface area contributed by atoms with Crippen molar-refractivity contribution in [3.05, 3.63) is 41.7 Å². The molecule has 0 saturated heterocycles. The van der Waals surface area contributed by atoms with E-state index in [-0.39, 0.29) is 22.1 Å². The largest absolute Gasteiger partial charge is 0.345 e. The van der Waals surface area contributed by atoms with Gasteiger partial charge in [-0.3, -0.25) is 14.3 Å². The van der Waals surface area contributed by atoms with Crippen LogP contribution in [0.1, 0.15) is 40.1 Å².